The van der Waals surface area contributed by atoms with Crippen LogP contribution in [0.2, 0.25) is 0 Å². The van der Waals surface area contributed by atoms with Gasteiger partial charge in [-0.3, -0.25) is 9.59 Å². The maximum Gasteiger partial charge on any atom is 0.248 e. The Labute approximate surface area is 64.6 Å². The Morgan fingerprint density at radius 1 is 1.27 bits per heavy atom. The Hall–Kier alpha value is -1.58. The van der Waals surface area contributed by atoms with Crippen molar-refractivity contribution in [3.8, 4) is 0 Å². The summed E-state index contributed by atoms with van der Waals surface area (Å²) < 4.78 is 0. The Bertz CT molecular complexity index is 241. The van der Waals surface area contributed by atoms with Gasteiger partial charge in [0.25, 0.3) is 0 Å². The Kier molecular flexibility index (Phi) is 3.04. The van der Waals surface area contributed by atoms with E-state index < -0.39 is 11.8 Å². The van der Waals surface area contributed by atoms with Crippen LogP contribution in [0.5, 0.6) is 0 Å². The topological polar surface area (TPSA) is 86.2 Å². The zero-order valence-electron chi connectivity index (χ0n) is 6.26. The predicted molar refractivity (Wildman–Crippen MR) is 41.3 cm³/mol. The van der Waals surface area contributed by atoms with Crippen molar-refractivity contribution in [3.63, 3.8) is 0 Å². The summed E-state index contributed by atoms with van der Waals surface area (Å²) in [6.07, 6.45) is 1.25. The number of primary amides is 2. The highest BCUT2D eigenvalue weighted by Gasteiger charge is 2.01. The van der Waals surface area contributed by atoms with E-state index in [9.17, 15) is 9.59 Å². The smallest absolute Gasteiger partial charge is 0.248 e. The first-order valence-electron chi connectivity index (χ1n) is 2.92. The quantitative estimate of drug-likeness (QED) is 0.422. The monoisotopic (exact) mass is 154 g/mol. The van der Waals surface area contributed by atoms with Gasteiger partial charge in [-0.05, 0) is 13.0 Å². The van der Waals surface area contributed by atoms with E-state index in [-0.39, 0.29) is 11.1 Å². The molecule has 11 heavy (non-hydrogen) atoms. The molecule has 0 aliphatic heterocycles. The average Bonchev–Trinajstić information content (AvgIpc) is 1.87. The minimum absolute atomic E-state index is 0.0706. The summed E-state index contributed by atoms with van der Waals surface area (Å²) in [5, 5.41) is 0. The largest absolute Gasteiger partial charge is 0.366 e. The van der Waals surface area contributed by atoms with Crippen molar-refractivity contribution in [2.24, 2.45) is 11.5 Å². The van der Waals surface area contributed by atoms with Crippen LogP contribution in [-0.4, -0.2) is 11.8 Å². The molecule has 60 valence electrons. The molecule has 0 unspecified atom stereocenters. The SMILES string of the molecule is C=C(/C=C(/C)C(N)=O)C(N)=O. The highest BCUT2D eigenvalue weighted by molar-refractivity contribution is 5.98. The summed E-state index contributed by atoms with van der Waals surface area (Å²) in [4.78, 5) is 20.8. The van der Waals surface area contributed by atoms with Crippen LogP contribution >= 0.6 is 0 Å². The first-order chi connectivity index (χ1) is 4.95. The molecule has 2 amide bonds. The van der Waals surface area contributed by atoms with Gasteiger partial charge in [0.1, 0.15) is 0 Å². The van der Waals surface area contributed by atoms with E-state index in [1.807, 2.05) is 0 Å². The van der Waals surface area contributed by atoms with Crippen molar-refractivity contribution < 1.29 is 9.59 Å². The molecular formula is C7H10N2O2. The lowest BCUT2D eigenvalue weighted by molar-refractivity contribution is -0.114. The van der Waals surface area contributed by atoms with Gasteiger partial charge in [0, 0.05) is 11.1 Å². The van der Waals surface area contributed by atoms with Crippen molar-refractivity contribution >= 4 is 11.8 Å². The maximum atomic E-state index is 10.4. The third-order valence-corrected chi connectivity index (χ3v) is 1.10. The van der Waals surface area contributed by atoms with Gasteiger partial charge < -0.3 is 11.5 Å². The molecule has 0 aromatic rings. The lowest BCUT2D eigenvalue weighted by atomic mass is 10.2. The molecule has 0 saturated carbocycles. The van der Waals surface area contributed by atoms with Crippen molar-refractivity contribution in [2.75, 3.05) is 0 Å². The van der Waals surface area contributed by atoms with E-state index in [4.69, 9.17) is 11.5 Å². The van der Waals surface area contributed by atoms with Gasteiger partial charge in [0.15, 0.2) is 0 Å². The van der Waals surface area contributed by atoms with Gasteiger partial charge in [-0.15, -0.1) is 0 Å². The predicted octanol–water partition coefficient (Wildman–Crippen LogP) is -0.540. The molecule has 0 aromatic heterocycles. The Balaban J connectivity index is 4.44. The van der Waals surface area contributed by atoms with Gasteiger partial charge in [-0.2, -0.15) is 0 Å². The van der Waals surface area contributed by atoms with Crippen LogP contribution in [0.15, 0.2) is 23.8 Å². The molecule has 0 aromatic carbocycles. The van der Waals surface area contributed by atoms with Crippen LogP contribution in [0.3, 0.4) is 0 Å². The van der Waals surface area contributed by atoms with Gasteiger partial charge in [0.05, 0.1) is 0 Å². The molecule has 4 nitrogen and oxygen atoms in total. The van der Waals surface area contributed by atoms with E-state index in [0.29, 0.717) is 0 Å². The number of hydrogen-bond donors (Lipinski definition) is 2. The minimum atomic E-state index is -0.661. The van der Waals surface area contributed by atoms with Crippen molar-refractivity contribution in [1.82, 2.24) is 0 Å². The van der Waals surface area contributed by atoms with E-state index in [0.717, 1.165) is 0 Å². The first kappa shape index (κ1) is 9.42. The van der Waals surface area contributed by atoms with Crippen molar-refractivity contribution in [1.29, 1.82) is 0 Å². The number of carbonyl (C=O) groups excluding carboxylic acids is 2. The number of nitrogens with two attached hydrogens (primary N) is 2. The fourth-order valence-electron chi connectivity index (χ4n) is 0.404. The minimum Gasteiger partial charge on any atom is -0.366 e. The summed E-state index contributed by atoms with van der Waals surface area (Å²) in [5.74, 6) is -1.25. The fourth-order valence-corrected chi connectivity index (χ4v) is 0.404. The molecule has 0 spiro atoms. The number of amides is 2. The number of hydrogen-bond acceptors (Lipinski definition) is 2. The summed E-state index contributed by atoms with van der Waals surface area (Å²) in [5.41, 5.74) is 10.1. The van der Waals surface area contributed by atoms with Crippen LogP contribution in [0.1, 0.15) is 6.92 Å². The number of rotatable bonds is 3. The van der Waals surface area contributed by atoms with Gasteiger partial charge in [-0.25, -0.2) is 0 Å². The molecule has 0 bridgehead atoms. The van der Waals surface area contributed by atoms with E-state index >= 15 is 0 Å². The number of carbonyl (C=O) groups is 2. The third-order valence-electron chi connectivity index (χ3n) is 1.10. The molecule has 0 saturated heterocycles. The van der Waals surface area contributed by atoms with Crippen LogP contribution in [0, 0.1) is 0 Å². The van der Waals surface area contributed by atoms with Crippen molar-refractivity contribution in [3.05, 3.63) is 23.8 Å². The highest BCUT2D eigenvalue weighted by Crippen LogP contribution is 1.97. The van der Waals surface area contributed by atoms with Crippen LogP contribution in [-0.2, 0) is 9.59 Å². The molecule has 4 N–H and O–H groups in total. The van der Waals surface area contributed by atoms with E-state index in [2.05, 4.69) is 6.58 Å². The second-order valence-electron chi connectivity index (χ2n) is 2.08. The van der Waals surface area contributed by atoms with Gasteiger partial charge in [0.2, 0.25) is 11.8 Å². The molecule has 0 rings (SSSR count). The molecule has 0 radical (unpaired) electrons. The van der Waals surface area contributed by atoms with Crippen molar-refractivity contribution in [2.45, 2.75) is 6.92 Å². The molecule has 0 heterocycles. The molecule has 0 fully saturated rings. The second-order valence-corrected chi connectivity index (χ2v) is 2.08. The van der Waals surface area contributed by atoms with E-state index in [1.165, 1.54) is 13.0 Å². The van der Waals surface area contributed by atoms with Crippen LogP contribution in [0.25, 0.3) is 0 Å². The molecule has 4 heteroatoms. The lowest BCUT2D eigenvalue weighted by Crippen LogP contribution is -2.15. The summed E-state index contributed by atoms with van der Waals surface area (Å²) >= 11 is 0. The molecule has 0 aliphatic carbocycles. The van der Waals surface area contributed by atoms with Gasteiger partial charge >= 0.3 is 0 Å². The normalized spacial score (nSPS) is 10.8. The average molecular weight is 154 g/mol. The van der Waals surface area contributed by atoms with Crippen LogP contribution < -0.4 is 11.5 Å². The highest BCUT2D eigenvalue weighted by atomic mass is 16.1. The third kappa shape index (κ3) is 3.20. The summed E-state index contributed by atoms with van der Waals surface area (Å²) in [7, 11) is 0. The van der Waals surface area contributed by atoms with E-state index in [1.54, 1.807) is 0 Å². The molecular weight excluding hydrogens is 144 g/mol. The molecule has 0 aliphatic rings. The lowest BCUT2D eigenvalue weighted by Gasteiger charge is -1.94. The van der Waals surface area contributed by atoms with Gasteiger partial charge in [-0.1, -0.05) is 6.58 Å². The molecule has 0 atom stereocenters. The zero-order valence-corrected chi connectivity index (χ0v) is 6.26. The van der Waals surface area contributed by atoms with Crippen LogP contribution in [0.4, 0.5) is 0 Å². The standard InChI is InChI=1S/C7H10N2O2/c1-4(6(8)10)3-5(2)7(9)11/h3H,1H2,2H3,(H2,8,10)(H2,9,11)/b5-3-. The second kappa shape index (κ2) is 3.55. The Morgan fingerprint density at radius 3 is 2.00 bits per heavy atom. The summed E-state index contributed by atoms with van der Waals surface area (Å²) in [6, 6.07) is 0. The Morgan fingerprint density at radius 2 is 1.73 bits per heavy atom. The first-order valence-corrected chi connectivity index (χ1v) is 2.92. The zero-order chi connectivity index (χ0) is 9.02. The summed E-state index contributed by atoms with van der Waals surface area (Å²) in [6.45, 7) is 4.80. The fraction of sp³-hybridized carbons (Fsp3) is 0.143. The maximum absolute atomic E-state index is 10.4.